The SMILES string of the molecule is CCOc1ccc(CC(=O)N2CCC(C(=O)NC)CC2)cc1. The maximum Gasteiger partial charge on any atom is 0.226 e. The van der Waals surface area contributed by atoms with E-state index in [0.717, 1.165) is 24.2 Å². The summed E-state index contributed by atoms with van der Waals surface area (Å²) >= 11 is 0. The van der Waals surface area contributed by atoms with Gasteiger partial charge in [0.15, 0.2) is 0 Å². The molecule has 5 heteroatoms. The lowest BCUT2D eigenvalue weighted by Gasteiger charge is -2.31. The Morgan fingerprint density at radius 1 is 1.23 bits per heavy atom. The molecule has 0 spiro atoms. The number of benzene rings is 1. The van der Waals surface area contributed by atoms with Crippen molar-refractivity contribution in [1.82, 2.24) is 10.2 Å². The molecule has 1 fully saturated rings. The van der Waals surface area contributed by atoms with E-state index in [2.05, 4.69) is 5.32 Å². The molecule has 1 N–H and O–H groups in total. The van der Waals surface area contributed by atoms with E-state index in [4.69, 9.17) is 4.74 Å². The first-order chi connectivity index (χ1) is 10.6. The van der Waals surface area contributed by atoms with Crippen molar-refractivity contribution in [3.8, 4) is 5.75 Å². The van der Waals surface area contributed by atoms with Crippen LogP contribution in [0.15, 0.2) is 24.3 Å². The smallest absolute Gasteiger partial charge is 0.226 e. The summed E-state index contributed by atoms with van der Waals surface area (Å²) in [7, 11) is 1.66. The molecule has 120 valence electrons. The van der Waals surface area contributed by atoms with E-state index in [0.29, 0.717) is 26.1 Å². The molecule has 1 saturated heterocycles. The second kappa shape index (κ2) is 7.82. The molecule has 1 aliphatic heterocycles. The average Bonchev–Trinajstić information content (AvgIpc) is 2.56. The zero-order valence-corrected chi connectivity index (χ0v) is 13.3. The summed E-state index contributed by atoms with van der Waals surface area (Å²) in [6.07, 6.45) is 1.89. The molecule has 2 rings (SSSR count). The molecular formula is C17H24N2O3. The van der Waals surface area contributed by atoms with Gasteiger partial charge in [0, 0.05) is 26.1 Å². The van der Waals surface area contributed by atoms with Crippen molar-refractivity contribution < 1.29 is 14.3 Å². The number of hydrogen-bond acceptors (Lipinski definition) is 3. The fourth-order valence-corrected chi connectivity index (χ4v) is 2.75. The Hall–Kier alpha value is -2.04. The number of carbonyl (C=O) groups is 2. The number of piperidine rings is 1. The molecule has 0 radical (unpaired) electrons. The number of likely N-dealkylation sites (tertiary alicyclic amines) is 1. The number of rotatable bonds is 5. The van der Waals surface area contributed by atoms with E-state index in [1.165, 1.54) is 0 Å². The van der Waals surface area contributed by atoms with Crippen LogP contribution in [0.4, 0.5) is 0 Å². The molecule has 2 amide bonds. The van der Waals surface area contributed by atoms with E-state index in [-0.39, 0.29) is 17.7 Å². The van der Waals surface area contributed by atoms with Crippen molar-refractivity contribution in [2.24, 2.45) is 5.92 Å². The molecule has 1 aliphatic rings. The van der Waals surface area contributed by atoms with Crippen LogP contribution < -0.4 is 10.1 Å². The van der Waals surface area contributed by atoms with Gasteiger partial charge in [0.1, 0.15) is 5.75 Å². The first kappa shape index (κ1) is 16.3. The second-order valence-corrected chi connectivity index (χ2v) is 5.52. The Bertz CT molecular complexity index is 505. The molecule has 0 atom stereocenters. The van der Waals surface area contributed by atoms with E-state index in [9.17, 15) is 9.59 Å². The zero-order chi connectivity index (χ0) is 15.9. The van der Waals surface area contributed by atoms with Gasteiger partial charge in [0.05, 0.1) is 13.0 Å². The van der Waals surface area contributed by atoms with Crippen LogP contribution in [0, 0.1) is 5.92 Å². The van der Waals surface area contributed by atoms with E-state index in [1.54, 1.807) is 7.05 Å². The van der Waals surface area contributed by atoms with Gasteiger partial charge in [-0.05, 0) is 37.5 Å². The van der Waals surface area contributed by atoms with Crippen molar-refractivity contribution in [2.45, 2.75) is 26.2 Å². The fourth-order valence-electron chi connectivity index (χ4n) is 2.75. The predicted octanol–water partition coefficient (Wildman–Crippen LogP) is 1.61. The van der Waals surface area contributed by atoms with Gasteiger partial charge in [-0.15, -0.1) is 0 Å². The largest absolute Gasteiger partial charge is 0.494 e. The summed E-state index contributed by atoms with van der Waals surface area (Å²) in [5.74, 6) is 1.07. The van der Waals surface area contributed by atoms with Crippen LogP contribution >= 0.6 is 0 Å². The normalized spacial score (nSPS) is 15.5. The number of amides is 2. The summed E-state index contributed by atoms with van der Waals surface area (Å²) in [5, 5.41) is 2.68. The van der Waals surface area contributed by atoms with Crippen LogP contribution in [0.3, 0.4) is 0 Å². The van der Waals surface area contributed by atoms with Crippen LogP contribution in [0.25, 0.3) is 0 Å². The molecule has 5 nitrogen and oxygen atoms in total. The quantitative estimate of drug-likeness (QED) is 0.899. The average molecular weight is 304 g/mol. The molecule has 1 heterocycles. The lowest BCUT2D eigenvalue weighted by atomic mass is 9.95. The number of ether oxygens (including phenoxy) is 1. The second-order valence-electron chi connectivity index (χ2n) is 5.52. The highest BCUT2D eigenvalue weighted by molar-refractivity contribution is 5.80. The Morgan fingerprint density at radius 2 is 1.86 bits per heavy atom. The van der Waals surface area contributed by atoms with Gasteiger partial charge in [0.25, 0.3) is 0 Å². The third kappa shape index (κ3) is 4.23. The highest BCUT2D eigenvalue weighted by atomic mass is 16.5. The molecule has 1 aromatic rings. The Balaban J connectivity index is 1.84. The molecule has 0 bridgehead atoms. The van der Waals surface area contributed by atoms with Crippen LogP contribution in [0.2, 0.25) is 0 Å². The summed E-state index contributed by atoms with van der Waals surface area (Å²) in [4.78, 5) is 25.8. The van der Waals surface area contributed by atoms with Crippen LogP contribution in [-0.2, 0) is 16.0 Å². The summed E-state index contributed by atoms with van der Waals surface area (Å²) in [5.41, 5.74) is 0.988. The van der Waals surface area contributed by atoms with Crippen molar-refractivity contribution in [3.63, 3.8) is 0 Å². The predicted molar refractivity (Wildman–Crippen MR) is 84.7 cm³/mol. The van der Waals surface area contributed by atoms with Gasteiger partial charge in [0.2, 0.25) is 11.8 Å². The maximum absolute atomic E-state index is 12.3. The van der Waals surface area contributed by atoms with Gasteiger partial charge >= 0.3 is 0 Å². The summed E-state index contributed by atoms with van der Waals surface area (Å²) in [6.45, 7) is 3.90. The Labute approximate surface area is 131 Å². The molecule has 0 aliphatic carbocycles. The van der Waals surface area contributed by atoms with Gasteiger partial charge in [-0.2, -0.15) is 0 Å². The van der Waals surface area contributed by atoms with Gasteiger partial charge in [-0.1, -0.05) is 12.1 Å². The fraction of sp³-hybridized carbons (Fsp3) is 0.529. The van der Waals surface area contributed by atoms with Gasteiger partial charge in [-0.25, -0.2) is 0 Å². The van der Waals surface area contributed by atoms with Crippen LogP contribution in [-0.4, -0.2) is 43.5 Å². The number of hydrogen-bond donors (Lipinski definition) is 1. The Morgan fingerprint density at radius 3 is 2.41 bits per heavy atom. The first-order valence-corrected chi connectivity index (χ1v) is 7.85. The number of carbonyl (C=O) groups excluding carboxylic acids is 2. The monoisotopic (exact) mass is 304 g/mol. The topological polar surface area (TPSA) is 58.6 Å². The highest BCUT2D eigenvalue weighted by Gasteiger charge is 2.26. The molecule has 0 unspecified atom stereocenters. The van der Waals surface area contributed by atoms with Crippen molar-refractivity contribution in [2.75, 3.05) is 26.7 Å². The minimum Gasteiger partial charge on any atom is -0.494 e. The van der Waals surface area contributed by atoms with Crippen LogP contribution in [0.5, 0.6) is 5.75 Å². The minimum absolute atomic E-state index is 0.0412. The van der Waals surface area contributed by atoms with Crippen LogP contribution in [0.1, 0.15) is 25.3 Å². The summed E-state index contributed by atoms with van der Waals surface area (Å²) < 4.78 is 5.39. The van der Waals surface area contributed by atoms with Gasteiger partial charge < -0.3 is 15.0 Å². The number of nitrogens with zero attached hydrogens (tertiary/aromatic N) is 1. The number of nitrogens with one attached hydrogen (secondary N) is 1. The standard InChI is InChI=1S/C17H24N2O3/c1-3-22-15-6-4-13(5-7-15)12-16(20)19-10-8-14(9-11-19)17(21)18-2/h4-7,14H,3,8-12H2,1-2H3,(H,18,21). The van der Waals surface area contributed by atoms with Crippen molar-refractivity contribution in [3.05, 3.63) is 29.8 Å². The lowest BCUT2D eigenvalue weighted by molar-refractivity contribution is -0.134. The third-order valence-corrected chi connectivity index (χ3v) is 4.05. The Kier molecular flexibility index (Phi) is 5.81. The van der Waals surface area contributed by atoms with E-state index >= 15 is 0 Å². The minimum atomic E-state index is 0.0412. The van der Waals surface area contributed by atoms with E-state index in [1.807, 2.05) is 36.1 Å². The van der Waals surface area contributed by atoms with Crippen molar-refractivity contribution >= 4 is 11.8 Å². The maximum atomic E-state index is 12.3. The van der Waals surface area contributed by atoms with Crippen molar-refractivity contribution in [1.29, 1.82) is 0 Å². The molecule has 1 aromatic carbocycles. The lowest BCUT2D eigenvalue weighted by Crippen LogP contribution is -2.42. The third-order valence-electron chi connectivity index (χ3n) is 4.05. The molecular weight excluding hydrogens is 280 g/mol. The summed E-state index contributed by atoms with van der Waals surface area (Å²) in [6, 6.07) is 7.65. The zero-order valence-electron chi connectivity index (χ0n) is 13.3. The highest BCUT2D eigenvalue weighted by Crippen LogP contribution is 2.19. The first-order valence-electron chi connectivity index (χ1n) is 7.85. The molecule has 0 aromatic heterocycles. The molecule has 0 saturated carbocycles. The van der Waals surface area contributed by atoms with E-state index < -0.39 is 0 Å². The molecule has 22 heavy (non-hydrogen) atoms. The van der Waals surface area contributed by atoms with Gasteiger partial charge in [-0.3, -0.25) is 9.59 Å².